The summed E-state index contributed by atoms with van der Waals surface area (Å²) in [4.78, 5) is 13.7. The van der Waals surface area contributed by atoms with Crippen molar-refractivity contribution in [1.29, 1.82) is 0 Å². The average molecular weight is 291 g/mol. The molecule has 0 aliphatic heterocycles. The lowest BCUT2D eigenvalue weighted by Gasteiger charge is -2.23. The molecule has 0 aromatic carbocycles. The summed E-state index contributed by atoms with van der Waals surface area (Å²) in [5.74, 6) is 1.77. The van der Waals surface area contributed by atoms with Gasteiger partial charge in [-0.15, -0.1) is 11.3 Å². The molecule has 1 atom stereocenters. The molecule has 20 heavy (non-hydrogen) atoms. The van der Waals surface area contributed by atoms with E-state index in [1.807, 2.05) is 11.3 Å². The first-order valence-corrected chi connectivity index (χ1v) is 8.17. The molecule has 4 nitrogen and oxygen atoms in total. The lowest BCUT2D eigenvalue weighted by Crippen LogP contribution is -2.27. The minimum absolute atomic E-state index is 0.155. The van der Waals surface area contributed by atoms with Crippen molar-refractivity contribution < 1.29 is 5.11 Å². The van der Waals surface area contributed by atoms with Crippen LogP contribution in [0.1, 0.15) is 30.7 Å². The summed E-state index contributed by atoms with van der Waals surface area (Å²) < 4.78 is 0. The maximum absolute atomic E-state index is 9.24. The first-order chi connectivity index (χ1) is 9.74. The molecule has 0 radical (unpaired) electrons. The first-order valence-electron chi connectivity index (χ1n) is 7.35. The molecule has 1 N–H and O–H groups in total. The van der Waals surface area contributed by atoms with Crippen molar-refractivity contribution in [2.24, 2.45) is 5.92 Å². The summed E-state index contributed by atoms with van der Waals surface area (Å²) in [7, 11) is 0. The molecular formula is C15H21N3OS. The molecule has 2 aromatic heterocycles. The molecule has 5 heteroatoms. The predicted octanol–water partition coefficient (Wildman–Crippen LogP) is 2.63. The Morgan fingerprint density at radius 1 is 1.45 bits per heavy atom. The highest BCUT2D eigenvalue weighted by molar-refractivity contribution is 7.19. The molecule has 1 aliphatic carbocycles. The molecule has 0 fully saturated rings. The number of likely N-dealkylation sites (N-methyl/N-ethyl adjacent to an activating group) is 1. The van der Waals surface area contributed by atoms with Crippen LogP contribution in [0.2, 0.25) is 0 Å². The second kappa shape index (κ2) is 5.66. The van der Waals surface area contributed by atoms with Gasteiger partial charge in [-0.05, 0) is 37.7 Å². The van der Waals surface area contributed by atoms with E-state index in [-0.39, 0.29) is 6.61 Å². The fraction of sp³-hybridized carbons (Fsp3) is 0.600. The van der Waals surface area contributed by atoms with Crippen LogP contribution in [0.25, 0.3) is 10.2 Å². The predicted molar refractivity (Wildman–Crippen MR) is 83.6 cm³/mol. The number of aliphatic hydroxyl groups excluding tert-OH is 1. The number of rotatable bonds is 4. The lowest BCUT2D eigenvalue weighted by molar-refractivity contribution is 0.302. The van der Waals surface area contributed by atoms with Crippen molar-refractivity contribution in [1.82, 2.24) is 9.97 Å². The second-order valence-electron chi connectivity index (χ2n) is 5.53. The Balaban J connectivity index is 2.13. The van der Waals surface area contributed by atoms with E-state index in [9.17, 15) is 5.11 Å². The van der Waals surface area contributed by atoms with E-state index in [1.165, 1.54) is 28.7 Å². The third-order valence-corrected chi connectivity index (χ3v) is 5.29. The van der Waals surface area contributed by atoms with E-state index in [0.29, 0.717) is 6.54 Å². The minimum atomic E-state index is 0.155. The molecule has 1 unspecified atom stereocenters. The molecule has 0 saturated carbocycles. The zero-order valence-corrected chi connectivity index (χ0v) is 12.9. The third-order valence-electron chi connectivity index (χ3n) is 4.12. The Morgan fingerprint density at radius 3 is 3.05 bits per heavy atom. The van der Waals surface area contributed by atoms with Crippen molar-refractivity contribution >= 4 is 27.4 Å². The topological polar surface area (TPSA) is 49.2 Å². The molecule has 0 saturated heterocycles. The van der Waals surface area contributed by atoms with Gasteiger partial charge in [-0.3, -0.25) is 0 Å². The zero-order valence-electron chi connectivity index (χ0n) is 12.1. The third kappa shape index (κ3) is 2.29. The molecule has 2 heterocycles. The van der Waals surface area contributed by atoms with Crippen LogP contribution < -0.4 is 4.90 Å². The SMILES string of the molecule is CCN(CCO)c1ncnc2sc3c(c12)CCC(C)C3. The van der Waals surface area contributed by atoms with Crippen molar-refractivity contribution in [2.45, 2.75) is 33.1 Å². The van der Waals surface area contributed by atoms with Gasteiger partial charge in [0.1, 0.15) is 17.0 Å². The van der Waals surface area contributed by atoms with Gasteiger partial charge in [-0.2, -0.15) is 0 Å². The maximum Gasteiger partial charge on any atom is 0.141 e. The van der Waals surface area contributed by atoms with Gasteiger partial charge in [0, 0.05) is 18.0 Å². The maximum atomic E-state index is 9.24. The molecular weight excluding hydrogens is 270 g/mol. The zero-order chi connectivity index (χ0) is 14.1. The minimum Gasteiger partial charge on any atom is -0.395 e. The fourth-order valence-electron chi connectivity index (χ4n) is 3.03. The van der Waals surface area contributed by atoms with Gasteiger partial charge in [-0.1, -0.05) is 6.92 Å². The van der Waals surface area contributed by atoms with E-state index in [4.69, 9.17) is 0 Å². The number of hydrogen-bond acceptors (Lipinski definition) is 5. The number of aliphatic hydroxyl groups is 1. The fourth-order valence-corrected chi connectivity index (χ4v) is 4.38. The van der Waals surface area contributed by atoms with E-state index >= 15 is 0 Å². The normalized spacial score (nSPS) is 18.2. The van der Waals surface area contributed by atoms with Crippen molar-refractivity contribution in [3.63, 3.8) is 0 Å². The largest absolute Gasteiger partial charge is 0.395 e. The van der Waals surface area contributed by atoms with Crippen LogP contribution in [-0.2, 0) is 12.8 Å². The second-order valence-corrected chi connectivity index (χ2v) is 6.62. The summed E-state index contributed by atoms with van der Waals surface area (Å²) in [6.07, 6.45) is 5.21. The van der Waals surface area contributed by atoms with Crippen LogP contribution in [0.3, 0.4) is 0 Å². The number of aromatic nitrogens is 2. The average Bonchev–Trinajstić information content (AvgIpc) is 2.82. The molecule has 0 spiro atoms. The molecule has 3 rings (SSSR count). The van der Waals surface area contributed by atoms with Crippen LogP contribution in [0.4, 0.5) is 5.82 Å². The van der Waals surface area contributed by atoms with Gasteiger partial charge in [0.05, 0.1) is 12.0 Å². The quantitative estimate of drug-likeness (QED) is 0.941. The highest BCUT2D eigenvalue weighted by atomic mass is 32.1. The summed E-state index contributed by atoms with van der Waals surface area (Å²) in [6, 6.07) is 0. The van der Waals surface area contributed by atoms with E-state index in [1.54, 1.807) is 6.33 Å². The molecule has 1 aliphatic rings. The van der Waals surface area contributed by atoms with Crippen LogP contribution in [0, 0.1) is 5.92 Å². The highest BCUT2D eigenvalue weighted by Crippen LogP contribution is 2.40. The molecule has 108 valence electrons. The van der Waals surface area contributed by atoms with E-state index < -0.39 is 0 Å². The Bertz CT molecular complexity index is 610. The van der Waals surface area contributed by atoms with Gasteiger partial charge < -0.3 is 10.0 Å². The summed E-state index contributed by atoms with van der Waals surface area (Å²) >= 11 is 1.82. The standard InChI is InChI=1S/C15H21N3OS/c1-3-18(6-7-19)14-13-11-5-4-10(2)8-12(11)20-15(13)17-9-16-14/h9-10,19H,3-8H2,1-2H3. The number of anilines is 1. The van der Waals surface area contributed by atoms with E-state index in [2.05, 4.69) is 28.7 Å². The van der Waals surface area contributed by atoms with Gasteiger partial charge in [-0.25, -0.2) is 9.97 Å². The van der Waals surface area contributed by atoms with Gasteiger partial charge >= 0.3 is 0 Å². The van der Waals surface area contributed by atoms with Crippen molar-refractivity contribution in [3.05, 3.63) is 16.8 Å². The van der Waals surface area contributed by atoms with Gasteiger partial charge in [0.25, 0.3) is 0 Å². The lowest BCUT2D eigenvalue weighted by atomic mass is 9.89. The smallest absolute Gasteiger partial charge is 0.141 e. The summed E-state index contributed by atoms with van der Waals surface area (Å²) in [5.41, 5.74) is 1.45. The highest BCUT2D eigenvalue weighted by Gasteiger charge is 2.24. The van der Waals surface area contributed by atoms with Crippen LogP contribution in [0.15, 0.2) is 6.33 Å². The molecule has 2 aromatic rings. The Labute approximate surface area is 123 Å². The number of fused-ring (bicyclic) bond motifs is 3. The monoisotopic (exact) mass is 291 g/mol. The van der Waals surface area contributed by atoms with Crippen molar-refractivity contribution in [3.8, 4) is 0 Å². The Kier molecular flexibility index (Phi) is 3.89. The van der Waals surface area contributed by atoms with E-state index in [0.717, 1.165) is 29.5 Å². The number of hydrogen-bond donors (Lipinski definition) is 1. The summed E-state index contributed by atoms with van der Waals surface area (Å²) in [6.45, 7) is 6.06. The van der Waals surface area contributed by atoms with Crippen LogP contribution in [-0.4, -0.2) is 34.8 Å². The van der Waals surface area contributed by atoms with Gasteiger partial charge in [0.2, 0.25) is 0 Å². The number of thiophene rings is 1. The number of aryl methyl sites for hydroxylation is 1. The van der Waals surface area contributed by atoms with Crippen LogP contribution in [0.5, 0.6) is 0 Å². The Morgan fingerprint density at radius 2 is 2.30 bits per heavy atom. The molecule has 0 bridgehead atoms. The van der Waals surface area contributed by atoms with Gasteiger partial charge in [0.15, 0.2) is 0 Å². The first kappa shape index (κ1) is 13.8. The van der Waals surface area contributed by atoms with Crippen LogP contribution >= 0.6 is 11.3 Å². The number of nitrogens with zero attached hydrogens (tertiary/aromatic N) is 3. The molecule has 0 amide bonds. The Hall–Kier alpha value is -1.20. The van der Waals surface area contributed by atoms with Crippen molar-refractivity contribution in [2.75, 3.05) is 24.6 Å². The summed E-state index contributed by atoms with van der Waals surface area (Å²) in [5, 5.41) is 10.5.